The summed E-state index contributed by atoms with van der Waals surface area (Å²) >= 11 is 0. The first-order valence-electron chi connectivity index (χ1n) is 4.84. The highest BCUT2D eigenvalue weighted by Crippen LogP contribution is 2.29. The zero-order chi connectivity index (χ0) is 8.97. The van der Waals surface area contributed by atoms with Crippen molar-refractivity contribution in [3.63, 3.8) is 0 Å². The van der Waals surface area contributed by atoms with Gasteiger partial charge < -0.3 is 5.32 Å². The standard InChI is InChI=1S/C10H18N2/c1-8-3-5-9(6-4-8)10(7-11)12-2/h8-10,12H,3-6H2,1-2H3/t8?,9?,10-/m0/s1. The predicted molar refractivity (Wildman–Crippen MR) is 49.6 cm³/mol. The maximum atomic E-state index is 8.83. The van der Waals surface area contributed by atoms with Crippen molar-refractivity contribution in [2.45, 2.75) is 38.6 Å². The minimum Gasteiger partial charge on any atom is -0.305 e. The van der Waals surface area contributed by atoms with Gasteiger partial charge in [-0.2, -0.15) is 5.26 Å². The quantitative estimate of drug-likeness (QED) is 0.680. The number of rotatable bonds is 2. The van der Waals surface area contributed by atoms with Gasteiger partial charge in [0.25, 0.3) is 0 Å². The molecule has 0 bridgehead atoms. The Hall–Kier alpha value is -0.550. The molecule has 1 aliphatic rings. The average Bonchev–Trinajstić information content (AvgIpc) is 2.10. The molecule has 0 spiro atoms. The van der Waals surface area contributed by atoms with Gasteiger partial charge in [0.2, 0.25) is 0 Å². The largest absolute Gasteiger partial charge is 0.305 e. The molecule has 0 radical (unpaired) electrons. The highest BCUT2D eigenvalue weighted by atomic mass is 14.9. The number of nitriles is 1. The molecule has 0 aromatic heterocycles. The van der Waals surface area contributed by atoms with Crippen LogP contribution in [-0.4, -0.2) is 13.1 Å². The van der Waals surface area contributed by atoms with Gasteiger partial charge in [0.05, 0.1) is 12.1 Å². The molecule has 2 nitrogen and oxygen atoms in total. The number of hydrogen-bond acceptors (Lipinski definition) is 2. The van der Waals surface area contributed by atoms with Gasteiger partial charge >= 0.3 is 0 Å². The maximum absolute atomic E-state index is 8.83. The Morgan fingerprint density at radius 2 is 1.92 bits per heavy atom. The van der Waals surface area contributed by atoms with Crippen LogP contribution in [0.25, 0.3) is 0 Å². The third kappa shape index (κ3) is 2.22. The molecule has 1 atom stereocenters. The van der Waals surface area contributed by atoms with Crippen LogP contribution in [0.5, 0.6) is 0 Å². The molecule has 0 heterocycles. The van der Waals surface area contributed by atoms with Crippen LogP contribution < -0.4 is 5.32 Å². The second-order valence-corrected chi connectivity index (χ2v) is 3.92. The first-order chi connectivity index (χ1) is 5.77. The van der Waals surface area contributed by atoms with Crippen LogP contribution in [0.1, 0.15) is 32.6 Å². The Balaban J connectivity index is 2.39. The van der Waals surface area contributed by atoms with Crippen molar-refractivity contribution in [1.29, 1.82) is 5.26 Å². The van der Waals surface area contributed by atoms with Gasteiger partial charge in [-0.05, 0) is 31.7 Å². The van der Waals surface area contributed by atoms with E-state index >= 15 is 0 Å². The van der Waals surface area contributed by atoms with E-state index < -0.39 is 0 Å². The van der Waals surface area contributed by atoms with Crippen LogP contribution in [0.15, 0.2) is 0 Å². The summed E-state index contributed by atoms with van der Waals surface area (Å²) in [5.41, 5.74) is 0. The first kappa shape index (κ1) is 9.54. The third-order valence-electron chi connectivity index (χ3n) is 2.98. The highest BCUT2D eigenvalue weighted by Gasteiger charge is 2.24. The molecule has 1 fully saturated rings. The number of nitrogens with one attached hydrogen (secondary N) is 1. The molecule has 12 heavy (non-hydrogen) atoms. The van der Waals surface area contributed by atoms with Crippen molar-refractivity contribution < 1.29 is 0 Å². The molecule has 1 N–H and O–H groups in total. The molecular weight excluding hydrogens is 148 g/mol. The summed E-state index contributed by atoms with van der Waals surface area (Å²) in [5.74, 6) is 1.47. The van der Waals surface area contributed by atoms with Gasteiger partial charge in [-0.1, -0.05) is 19.8 Å². The summed E-state index contributed by atoms with van der Waals surface area (Å²) in [6.07, 6.45) is 5.04. The summed E-state index contributed by atoms with van der Waals surface area (Å²) in [6, 6.07) is 2.41. The maximum Gasteiger partial charge on any atom is 0.0979 e. The molecule has 1 saturated carbocycles. The first-order valence-corrected chi connectivity index (χ1v) is 4.84. The summed E-state index contributed by atoms with van der Waals surface area (Å²) in [4.78, 5) is 0. The van der Waals surface area contributed by atoms with E-state index in [1.54, 1.807) is 0 Å². The van der Waals surface area contributed by atoms with Crippen LogP contribution in [0.3, 0.4) is 0 Å². The van der Waals surface area contributed by atoms with Gasteiger partial charge in [-0.3, -0.25) is 0 Å². The Kier molecular flexibility index (Phi) is 3.55. The van der Waals surface area contributed by atoms with E-state index in [4.69, 9.17) is 5.26 Å². The van der Waals surface area contributed by atoms with Crippen LogP contribution in [-0.2, 0) is 0 Å². The van der Waals surface area contributed by atoms with Gasteiger partial charge in [-0.25, -0.2) is 0 Å². The van der Waals surface area contributed by atoms with Gasteiger partial charge in [0.15, 0.2) is 0 Å². The summed E-state index contributed by atoms with van der Waals surface area (Å²) in [5, 5.41) is 11.9. The van der Waals surface area contributed by atoms with Crippen LogP contribution >= 0.6 is 0 Å². The zero-order valence-corrected chi connectivity index (χ0v) is 8.01. The van der Waals surface area contributed by atoms with Crippen LogP contribution in [0, 0.1) is 23.2 Å². The summed E-state index contributed by atoms with van der Waals surface area (Å²) < 4.78 is 0. The van der Waals surface area contributed by atoms with E-state index in [2.05, 4.69) is 18.3 Å². The number of nitrogens with zero attached hydrogens (tertiary/aromatic N) is 1. The van der Waals surface area contributed by atoms with E-state index in [0.29, 0.717) is 5.92 Å². The van der Waals surface area contributed by atoms with E-state index in [-0.39, 0.29) is 6.04 Å². The second kappa shape index (κ2) is 4.47. The minimum atomic E-state index is 0.0810. The van der Waals surface area contributed by atoms with Crippen molar-refractivity contribution in [1.82, 2.24) is 5.32 Å². The summed E-state index contributed by atoms with van der Waals surface area (Å²) in [7, 11) is 1.88. The monoisotopic (exact) mass is 166 g/mol. The molecule has 1 aliphatic carbocycles. The summed E-state index contributed by atoms with van der Waals surface area (Å²) in [6.45, 7) is 2.30. The van der Waals surface area contributed by atoms with Crippen molar-refractivity contribution in [3.05, 3.63) is 0 Å². The lowest BCUT2D eigenvalue weighted by Crippen LogP contribution is -2.34. The molecule has 1 rings (SSSR count). The van der Waals surface area contributed by atoms with Gasteiger partial charge in [-0.15, -0.1) is 0 Å². The smallest absolute Gasteiger partial charge is 0.0979 e. The highest BCUT2D eigenvalue weighted by molar-refractivity contribution is 4.95. The van der Waals surface area contributed by atoms with E-state index in [0.717, 1.165) is 5.92 Å². The lowest BCUT2D eigenvalue weighted by molar-refractivity contribution is 0.261. The Morgan fingerprint density at radius 3 is 2.33 bits per heavy atom. The van der Waals surface area contributed by atoms with E-state index in [1.807, 2.05) is 7.05 Å². The molecule has 68 valence electrons. The Morgan fingerprint density at radius 1 is 1.33 bits per heavy atom. The van der Waals surface area contributed by atoms with Crippen LogP contribution in [0.4, 0.5) is 0 Å². The van der Waals surface area contributed by atoms with Gasteiger partial charge in [0.1, 0.15) is 0 Å². The zero-order valence-electron chi connectivity index (χ0n) is 8.01. The van der Waals surface area contributed by atoms with Crippen molar-refractivity contribution >= 4 is 0 Å². The van der Waals surface area contributed by atoms with E-state index in [1.165, 1.54) is 25.7 Å². The molecule has 0 aromatic rings. The van der Waals surface area contributed by atoms with Crippen LogP contribution in [0.2, 0.25) is 0 Å². The number of hydrogen-bond donors (Lipinski definition) is 1. The fourth-order valence-electron chi connectivity index (χ4n) is 2.02. The fraction of sp³-hybridized carbons (Fsp3) is 0.900. The molecule has 0 amide bonds. The molecule has 2 heteroatoms. The van der Waals surface area contributed by atoms with E-state index in [9.17, 15) is 0 Å². The molecular formula is C10H18N2. The SMILES string of the molecule is CN[C@@H](C#N)C1CCC(C)CC1. The topological polar surface area (TPSA) is 35.8 Å². The fourth-order valence-corrected chi connectivity index (χ4v) is 2.02. The van der Waals surface area contributed by atoms with Crippen molar-refractivity contribution in [2.75, 3.05) is 7.05 Å². The van der Waals surface area contributed by atoms with Gasteiger partial charge in [0, 0.05) is 0 Å². The predicted octanol–water partition coefficient (Wildman–Crippen LogP) is 1.92. The molecule has 0 aromatic carbocycles. The average molecular weight is 166 g/mol. The lowest BCUT2D eigenvalue weighted by atomic mass is 9.79. The molecule has 0 unspecified atom stereocenters. The normalized spacial score (nSPS) is 32.4. The van der Waals surface area contributed by atoms with Crippen molar-refractivity contribution in [3.8, 4) is 6.07 Å². The Labute approximate surface area is 75.0 Å². The second-order valence-electron chi connectivity index (χ2n) is 3.92. The molecule has 0 saturated heterocycles. The molecule has 0 aliphatic heterocycles. The Bertz CT molecular complexity index is 163. The lowest BCUT2D eigenvalue weighted by Gasteiger charge is -2.28. The minimum absolute atomic E-state index is 0.0810. The van der Waals surface area contributed by atoms with Crippen molar-refractivity contribution in [2.24, 2.45) is 11.8 Å². The third-order valence-corrected chi connectivity index (χ3v) is 2.98.